The zero-order chi connectivity index (χ0) is 16.8. The summed E-state index contributed by atoms with van der Waals surface area (Å²) >= 11 is -1.35. The van der Waals surface area contributed by atoms with Gasteiger partial charge in [0.1, 0.15) is 10.8 Å². The number of hydrogen-bond donors (Lipinski definition) is 1. The Balaban J connectivity index is 2.90. The maximum atomic E-state index is 12.3. The largest absolute Gasteiger partial charge is 0.598 e. The van der Waals surface area contributed by atoms with Gasteiger partial charge in [0.25, 0.3) is 0 Å². The summed E-state index contributed by atoms with van der Waals surface area (Å²) in [6.45, 7) is 5.54. The quantitative estimate of drug-likeness (QED) is 0.564. The number of hydrogen-bond acceptors (Lipinski definition) is 7. The molecule has 0 saturated heterocycles. The molecule has 0 aliphatic rings. The lowest BCUT2D eigenvalue weighted by Gasteiger charge is -2.27. The molecule has 1 rings (SSSR count). The summed E-state index contributed by atoms with van der Waals surface area (Å²) < 4.78 is 24.7. The van der Waals surface area contributed by atoms with Gasteiger partial charge in [-0.05, 0) is 20.8 Å². The Labute approximate surface area is 134 Å². The number of ketones is 1. The third-order valence-electron chi connectivity index (χ3n) is 2.84. The number of carbonyl (C=O) groups is 1. The molecule has 1 aromatic rings. The fraction of sp³-hybridized carbons (Fsp3) is 0.643. The summed E-state index contributed by atoms with van der Waals surface area (Å²) in [4.78, 5) is 20.4. The highest BCUT2D eigenvalue weighted by Gasteiger charge is 2.32. The fourth-order valence-electron chi connectivity index (χ4n) is 1.66. The van der Waals surface area contributed by atoms with Gasteiger partial charge in [0.2, 0.25) is 6.29 Å². The van der Waals surface area contributed by atoms with Crippen molar-refractivity contribution >= 4 is 17.1 Å². The molecule has 0 spiro atoms. The first-order valence-electron chi connectivity index (χ1n) is 6.81. The van der Waals surface area contributed by atoms with Gasteiger partial charge in [-0.3, -0.25) is 14.8 Å². The first kappa shape index (κ1) is 19.0. The molecule has 1 heterocycles. The fourth-order valence-corrected chi connectivity index (χ4v) is 2.48. The minimum absolute atomic E-state index is 0.0346. The Morgan fingerprint density at radius 2 is 2.00 bits per heavy atom. The molecule has 2 atom stereocenters. The van der Waals surface area contributed by atoms with E-state index < -0.39 is 28.4 Å². The molecule has 0 bridgehead atoms. The van der Waals surface area contributed by atoms with Crippen molar-refractivity contribution in [2.75, 3.05) is 14.2 Å². The summed E-state index contributed by atoms with van der Waals surface area (Å²) in [7, 11) is 2.79. The van der Waals surface area contributed by atoms with Crippen LogP contribution in [0.25, 0.3) is 0 Å². The Hall–Kier alpha value is -1.06. The minimum Gasteiger partial charge on any atom is -0.598 e. The van der Waals surface area contributed by atoms with Crippen LogP contribution in [0.1, 0.15) is 38.9 Å². The molecule has 8 heteroatoms. The van der Waals surface area contributed by atoms with E-state index in [1.54, 1.807) is 6.20 Å². The van der Waals surface area contributed by atoms with Crippen LogP contribution in [0.3, 0.4) is 0 Å². The van der Waals surface area contributed by atoms with Gasteiger partial charge in [-0.15, -0.1) is 4.72 Å². The van der Waals surface area contributed by atoms with Crippen LogP contribution < -0.4 is 4.72 Å². The van der Waals surface area contributed by atoms with Crippen molar-refractivity contribution in [2.45, 2.75) is 44.3 Å². The molecular weight excluding hydrogens is 306 g/mol. The molecule has 124 valence electrons. The van der Waals surface area contributed by atoms with E-state index in [9.17, 15) is 9.35 Å². The van der Waals surface area contributed by atoms with Gasteiger partial charge < -0.3 is 14.0 Å². The van der Waals surface area contributed by atoms with Crippen LogP contribution in [0, 0.1) is 0 Å². The van der Waals surface area contributed by atoms with E-state index >= 15 is 0 Å². The third kappa shape index (κ3) is 5.62. The van der Waals surface area contributed by atoms with E-state index in [0.717, 1.165) is 0 Å². The number of nitrogens with one attached hydrogen (secondary N) is 1. The van der Waals surface area contributed by atoms with Gasteiger partial charge in [-0.25, -0.2) is 0 Å². The Morgan fingerprint density at radius 3 is 2.45 bits per heavy atom. The maximum Gasteiger partial charge on any atom is 0.217 e. The molecule has 0 saturated carbocycles. The molecule has 0 aliphatic carbocycles. The van der Waals surface area contributed by atoms with Crippen molar-refractivity contribution in [1.29, 1.82) is 0 Å². The minimum atomic E-state index is -1.35. The number of aromatic nitrogens is 2. The molecule has 0 aromatic carbocycles. The molecule has 22 heavy (non-hydrogen) atoms. The summed E-state index contributed by atoms with van der Waals surface area (Å²) in [6.07, 6.45) is 3.69. The van der Waals surface area contributed by atoms with Crippen LogP contribution >= 0.6 is 0 Å². The molecule has 0 unspecified atom stereocenters. The maximum absolute atomic E-state index is 12.3. The number of carbonyl (C=O) groups excluding carboxylic acids is 1. The predicted octanol–water partition coefficient (Wildman–Crippen LogP) is 1.15. The van der Waals surface area contributed by atoms with Crippen molar-refractivity contribution in [3.63, 3.8) is 0 Å². The predicted molar refractivity (Wildman–Crippen MR) is 83.2 cm³/mol. The Morgan fingerprint density at radius 1 is 1.36 bits per heavy atom. The van der Waals surface area contributed by atoms with Crippen molar-refractivity contribution < 1.29 is 18.8 Å². The number of ether oxygens (including phenoxy) is 2. The van der Waals surface area contributed by atoms with Crippen molar-refractivity contribution in [3.05, 3.63) is 24.3 Å². The van der Waals surface area contributed by atoms with Crippen molar-refractivity contribution in [2.24, 2.45) is 0 Å². The molecule has 0 radical (unpaired) electrons. The second kappa shape index (κ2) is 8.54. The molecule has 0 fully saturated rings. The zero-order valence-electron chi connectivity index (χ0n) is 13.5. The third-order valence-corrected chi connectivity index (χ3v) is 4.45. The number of rotatable bonds is 8. The Bertz CT molecular complexity index is 463. The van der Waals surface area contributed by atoms with E-state index in [2.05, 4.69) is 14.7 Å². The highest BCUT2D eigenvalue weighted by Crippen LogP contribution is 2.22. The molecule has 1 aromatic heterocycles. The molecular formula is C14H23N3O4S. The topological polar surface area (TPSA) is 96.4 Å². The van der Waals surface area contributed by atoms with E-state index in [1.165, 1.54) is 26.6 Å². The van der Waals surface area contributed by atoms with E-state index in [-0.39, 0.29) is 12.2 Å². The van der Waals surface area contributed by atoms with Crippen LogP contribution in [0.5, 0.6) is 0 Å². The van der Waals surface area contributed by atoms with Gasteiger partial charge >= 0.3 is 0 Å². The van der Waals surface area contributed by atoms with Crippen LogP contribution in [-0.2, 0) is 25.6 Å². The molecule has 1 N–H and O–H groups in total. The molecule has 7 nitrogen and oxygen atoms in total. The average molecular weight is 329 g/mol. The second-order valence-electron chi connectivity index (χ2n) is 5.66. The van der Waals surface area contributed by atoms with Gasteiger partial charge in [-0.1, -0.05) is 0 Å². The van der Waals surface area contributed by atoms with Gasteiger partial charge in [0.15, 0.2) is 5.78 Å². The highest BCUT2D eigenvalue weighted by atomic mass is 32.2. The van der Waals surface area contributed by atoms with Gasteiger partial charge in [0.05, 0.1) is 11.9 Å². The summed E-state index contributed by atoms with van der Waals surface area (Å²) in [5.74, 6) is -0.265. The highest BCUT2D eigenvalue weighted by molar-refractivity contribution is 7.90. The van der Waals surface area contributed by atoms with Crippen LogP contribution in [0.2, 0.25) is 0 Å². The molecule has 0 amide bonds. The number of nitrogens with zero attached hydrogens (tertiary/aromatic N) is 2. The summed E-state index contributed by atoms with van der Waals surface area (Å²) in [6, 6.07) is -0.533. The number of methoxy groups -OCH3 is 2. The summed E-state index contributed by atoms with van der Waals surface area (Å²) in [5, 5.41) is 0. The number of Topliss-reactive ketones (excluding diaryl/α,β-unsaturated/α-hetero) is 1. The van der Waals surface area contributed by atoms with E-state index in [1.807, 2.05) is 20.8 Å². The van der Waals surface area contributed by atoms with E-state index in [4.69, 9.17) is 9.47 Å². The standard InChI is InChI=1S/C14H23N3O4S/c1-14(2,3)22(19)17-10(11-9-15-6-7-16-11)8-12(18)13(20-4)21-5/h6-7,9-10,13,17H,8H2,1-5H3/t10-,22+/m0/s1. The average Bonchev–Trinajstić information content (AvgIpc) is 2.47. The second-order valence-corrected chi connectivity index (χ2v) is 7.65. The zero-order valence-corrected chi connectivity index (χ0v) is 14.3. The van der Waals surface area contributed by atoms with Crippen molar-refractivity contribution in [3.8, 4) is 0 Å². The van der Waals surface area contributed by atoms with E-state index in [0.29, 0.717) is 5.69 Å². The van der Waals surface area contributed by atoms with Gasteiger partial charge in [0, 0.05) is 44.4 Å². The van der Waals surface area contributed by atoms with Crippen molar-refractivity contribution in [1.82, 2.24) is 14.7 Å². The monoisotopic (exact) mass is 329 g/mol. The van der Waals surface area contributed by atoms with Crippen LogP contribution in [0.15, 0.2) is 18.6 Å². The van der Waals surface area contributed by atoms with Gasteiger partial charge in [-0.2, -0.15) is 0 Å². The SMILES string of the molecule is COC(OC)C(=O)C[C@H](N[S@+]([O-])C(C)(C)C)c1cnccn1. The van der Waals surface area contributed by atoms with Crippen LogP contribution in [-0.4, -0.2) is 45.6 Å². The first-order valence-corrected chi connectivity index (χ1v) is 7.96. The lowest BCUT2D eigenvalue weighted by atomic mass is 10.1. The lowest BCUT2D eigenvalue weighted by molar-refractivity contribution is -0.157. The molecule has 0 aliphatic heterocycles. The smallest absolute Gasteiger partial charge is 0.217 e. The first-order chi connectivity index (χ1) is 10.3. The summed E-state index contributed by atoms with van der Waals surface area (Å²) in [5.41, 5.74) is 0.541. The lowest BCUT2D eigenvalue weighted by Crippen LogP contribution is -2.42. The Kier molecular flexibility index (Phi) is 7.37. The van der Waals surface area contributed by atoms with Crippen LogP contribution in [0.4, 0.5) is 0 Å². The normalized spacial score (nSPS) is 14.9.